The zero-order chi connectivity index (χ0) is 19.7. The van der Waals surface area contributed by atoms with Gasteiger partial charge in [0.2, 0.25) is 11.8 Å². The van der Waals surface area contributed by atoms with Gasteiger partial charge in [0.15, 0.2) is 0 Å². The highest BCUT2D eigenvalue weighted by Gasteiger charge is 2.37. The number of nitrogens with one attached hydrogen (secondary N) is 1. The molecular formula is C22H23N3O2S. The summed E-state index contributed by atoms with van der Waals surface area (Å²) in [6, 6.07) is 14.0. The van der Waals surface area contributed by atoms with Crippen LogP contribution in [0.1, 0.15) is 22.6 Å². The van der Waals surface area contributed by atoms with E-state index in [1.54, 1.807) is 16.2 Å². The molecule has 0 radical (unpaired) electrons. The van der Waals surface area contributed by atoms with Crippen molar-refractivity contribution in [2.45, 2.75) is 26.7 Å². The normalized spacial score (nSPS) is 16.7. The van der Waals surface area contributed by atoms with E-state index in [1.165, 1.54) is 5.56 Å². The van der Waals surface area contributed by atoms with Crippen LogP contribution in [0.4, 0.5) is 5.69 Å². The predicted molar refractivity (Wildman–Crippen MR) is 113 cm³/mol. The molecule has 0 aliphatic carbocycles. The summed E-state index contributed by atoms with van der Waals surface area (Å²) >= 11 is 1.64. The molecule has 3 aromatic rings. The molecule has 144 valence electrons. The van der Waals surface area contributed by atoms with E-state index in [9.17, 15) is 9.59 Å². The molecule has 2 amide bonds. The van der Waals surface area contributed by atoms with Gasteiger partial charge in [-0.1, -0.05) is 18.2 Å². The van der Waals surface area contributed by atoms with Crippen LogP contribution in [0.15, 0.2) is 42.5 Å². The summed E-state index contributed by atoms with van der Waals surface area (Å²) in [7, 11) is 0. The lowest BCUT2D eigenvalue weighted by atomic mass is 10.1. The Morgan fingerprint density at radius 1 is 1.21 bits per heavy atom. The molecule has 0 saturated carbocycles. The molecule has 0 spiro atoms. The Morgan fingerprint density at radius 2 is 2.04 bits per heavy atom. The number of hydrogen-bond donors (Lipinski definition) is 1. The molecule has 1 N–H and O–H groups in total. The highest BCUT2D eigenvalue weighted by atomic mass is 32.1. The third-order valence-electron chi connectivity index (χ3n) is 5.30. The average Bonchev–Trinajstić information content (AvgIpc) is 3.27. The van der Waals surface area contributed by atoms with Crippen molar-refractivity contribution < 1.29 is 9.59 Å². The average molecular weight is 394 g/mol. The number of fused-ring (bicyclic) bond motifs is 1. The van der Waals surface area contributed by atoms with Gasteiger partial charge in [0, 0.05) is 25.2 Å². The Morgan fingerprint density at radius 3 is 2.82 bits per heavy atom. The van der Waals surface area contributed by atoms with E-state index in [0.29, 0.717) is 25.9 Å². The van der Waals surface area contributed by atoms with Crippen LogP contribution < -0.4 is 10.2 Å². The summed E-state index contributed by atoms with van der Waals surface area (Å²) < 4.78 is 1.15. The SMILES string of the molecule is Cc1ccc(N2CCC(C(=O)NCCc3nc4ccccc4s3)C2=O)cc1C. The largest absolute Gasteiger partial charge is 0.355 e. The van der Waals surface area contributed by atoms with E-state index in [2.05, 4.69) is 10.3 Å². The second-order valence-electron chi connectivity index (χ2n) is 7.22. The van der Waals surface area contributed by atoms with Crippen LogP contribution in [0.3, 0.4) is 0 Å². The van der Waals surface area contributed by atoms with Gasteiger partial charge >= 0.3 is 0 Å². The summed E-state index contributed by atoms with van der Waals surface area (Å²) in [6.45, 7) is 5.15. The van der Waals surface area contributed by atoms with Crippen molar-refractivity contribution in [1.82, 2.24) is 10.3 Å². The van der Waals surface area contributed by atoms with Gasteiger partial charge in [0.1, 0.15) is 5.92 Å². The van der Waals surface area contributed by atoms with Gasteiger partial charge in [-0.25, -0.2) is 4.98 Å². The second-order valence-corrected chi connectivity index (χ2v) is 8.33. The molecule has 1 fully saturated rings. The van der Waals surface area contributed by atoms with Crippen LogP contribution in [-0.2, 0) is 16.0 Å². The van der Waals surface area contributed by atoms with E-state index in [1.807, 2.05) is 56.3 Å². The van der Waals surface area contributed by atoms with E-state index in [4.69, 9.17) is 0 Å². The van der Waals surface area contributed by atoms with Crippen molar-refractivity contribution in [1.29, 1.82) is 0 Å². The Hall–Kier alpha value is -2.73. The first kappa shape index (κ1) is 18.6. The second kappa shape index (κ2) is 7.72. The van der Waals surface area contributed by atoms with Crippen molar-refractivity contribution in [3.05, 3.63) is 58.6 Å². The number of anilines is 1. The fourth-order valence-corrected chi connectivity index (χ4v) is 4.48. The molecule has 0 bridgehead atoms. The quantitative estimate of drug-likeness (QED) is 0.674. The van der Waals surface area contributed by atoms with Gasteiger partial charge in [-0.3, -0.25) is 9.59 Å². The molecule has 1 aliphatic rings. The summed E-state index contributed by atoms with van der Waals surface area (Å²) in [5, 5.41) is 3.92. The van der Waals surface area contributed by atoms with Crippen LogP contribution in [0, 0.1) is 19.8 Å². The summed E-state index contributed by atoms with van der Waals surface area (Å²) in [5.41, 5.74) is 4.20. The minimum atomic E-state index is -0.600. The van der Waals surface area contributed by atoms with Crippen LogP contribution >= 0.6 is 11.3 Å². The van der Waals surface area contributed by atoms with Gasteiger partial charge in [0.25, 0.3) is 0 Å². The minimum absolute atomic E-state index is 0.110. The number of aromatic nitrogens is 1. The monoisotopic (exact) mass is 393 g/mol. The molecule has 1 unspecified atom stereocenters. The molecule has 1 aliphatic heterocycles. The predicted octanol–water partition coefficient (Wildman–Crippen LogP) is 3.62. The van der Waals surface area contributed by atoms with Crippen molar-refractivity contribution in [2.75, 3.05) is 18.0 Å². The highest BCUT2D eigenvalue weighted by molar-refractivity contribution is 7.18. The first-order chi connectivity index (χ1) is 13.5. The fraction of sp³-hybridized carbons (Fsp3) is 0.318. The molecule has 2 aromatic carbocycles. The fourth-order valence-electron chi connectivity index (χ4n) is 3.52. The van der Waals surface area contributed by atoms with Gasteiger partial charge in [-0.2, -0.15) is 0 Å². The molecule has 1 aromatic heterocycles. The standard InChI is InChI=1S/C22H23N3O2S/c1-14-7-8-16(13-15(14)2)25-12-10-17(22(25)27)21(26)23-11-9-20-24-18-5-3-4-6-19(18)28-20/h3-8,13,17H,9-12H2,1-2H3,(H,23,26). The molecule has 2 heterocycles. The summed E-state index contributed by atoms with van der Waals surface area (Å²) in [6.07, 6.45) is 1.23. The minimum Gasteiger partial charge on any atom is -0.355 e. The maximum atomic E-state index is 12.7. The maximum Gasteiger partial charge on any atom is 0.239 e. The number of nitrogens with zero attached hydrogens (tertiary/aromatic N) is 2. The Kier molecular flexibility index (Phi) is 5.13. The van der Waals surface area contributed by atoms with Crippen LogP contribution in [0.25, 0.3) is 10.2 Å². The topological polar surface area (TPSA) is 62.3 Å². The zero-order valence-electron chi connectivity index (χ0n) is 16.1. The Bertz CT molecular complexity index is 1010. The van der Waals surface area contributed by atoms with E-state index >= 15 is 0 Å². The molecule has 5 nitrogen and oxygen atoms in total. The summed E-state index contributed by atoms with van der Waals surface area (Å²) in [4.78, 5) is 31.6. The van der Waals surface area contributed by atoms with Crippen molar-refractivity contribution >= 4 is 39.1 Å². The number of amides is 2. The number of carbonyl (C=O) groups excluding carboxylic acids is 2. The molecule has 4 rings (SSSR count). The Balaban J connectivity index is 1.34. The number of benzene rings is 2. The van der Waals surface area contributed by atoms with Crippen molar-refractivity contribution in [3.63, 3.8) is 0 Å². The van der Waals surface area contributed by atoms with Gasteiger partial charge in [-0.05, 0) is 55.7 Å². The molecule has 1 saturated heterocycles. The summed E-state index contributed by atoms with van der Waals surface area (Å²) in [5.74, 6) is -0.893. The first-order valence-corrected chi connectivity index (χ1v) is 10.4. The number of carbonyl (C=O) groups is 2. The number of aryl methyl sites for hydroxylation is 2. The first-order valence-electron chi connectivity index (χ1n) is 9.54. The Labute approximate surface area is 168 Å². The lowest BCUT2D eigenvalue weighted by molar-refractivity contribution is -0.132. The van der Waals surface area contributed by atoms with Crippen molar-refractivity contribution in [3.8, 4) is 0 Å². The van der Waals surface area contributed by atoms with Gasteiger partial charge in [0.05, 0.1) is 15.2 Å². The van der Waals surface area contributed by atoms with E-state index in [-0.39, 0.29) is 11.8 Å². The van der Waals surface area contributed by atoms with Gasteiger partial charge < -0.3 is 10.2 Å². The van der Waals surface area contributed by atoms with E-state index < -0.39 is 5.92 Å². The van der Waals surface area contributed by atoms with Crippen molar-refractivity contribution in [2.24, 2.45) is 5.92 Å². The lowest BCUT2D eigenvalue weighted by Crippen LogP contribution is -2.37. The highest BCUT2D eigenvalue weighted by Crippen LogP contribution is 2.27. The van der Waals surface area contributed by atoms with Crippen LogP contribution in [0.2, 0.25) is 0 Å². The maximum absolute atomic E-state index is 12.7. The number of rotatable bonds is 5. The van der Waals surface area contributed by atoms with Crippen LogP contribution in [-0.4, -0.2) is 29.9 Å². The molecule has 28 heavy (non-hydrogen) atoms. The van der Waals surface area contributed by atoms with E-state index in [0.717, 1.165) is 26.5 Å². The third kappa shape index (κ3) is 3.64. The van der Waals surface area contributed by atoms with Gasteiger partial charge in [-0.15, -0.1) is 11.3 Å². The smallest absolute Gasteiger partial charge is 0.239 e. The molecule has 6 heteroatoms. The molecule has 1 atom stereocenters. The zero-order valence-corrected chi connectivity index (χ0v) is 16.9. The third-order valence-corrected chi connectivity index (χ3v) is 6.40. The number of hydrogen-bond acceptors (Lipinski definition) is 4. The lowest BCUT2D eigenvalue weighted by Gasteiger charge is -2.18. The number of thiazole rings is 1. The molecular weight excluding hydrogens is 370 g/mol. The number of para-hydroxylation sites is 1. The van der Waals surface area contributed by atoms with Crippen LogP contribution in [0.5, 0.6) is 0 Å².